The number of aromatic amines is 1. The van der Waals surface area contributed by atoms with Crippen LogP contribution in [0.4, 0.5) is 0 Å². The first kappa shape index (κ1) is 16.8. The van der Waals surface area contributed by atoms with Gasteiger partial charge < -0.3 is 10.1 Å². The van der Waals surface area contributed by atoms with Gasteiger partial charge in [-0.05, 0) is 13.3 Å². The van der Waals surface area contributed by atoms with Crippen molar-refractivity contribution >= 4 is 17.7 Å². The van der Waals surface area contributed by atoms with Gasteiger partial charge in [0.15, 0.2) is 5.16 Å². The molecule has 1 atom stereocenters. The van der Waals surface area contributed by atoms with Gasteiger partial charge in [0.1, 0.15) is 0 Å². The van der Waals surface area contributed by atoms with Crippen LogP contribution in [0.15, 0.2) is 9.95 Å². The second-order valence-corrected chi connectivity index (χ2v) is 5.67. The SMILES string of the molecule is CCCCn1c(S[C@H](C)C(=O)NCCOC)n[nH]c1=O. The van der Waals surface area contributed by atoms with Gasteiger partial charge in [-0.25, -0.2) is 9.89 Å². The van der Waals surface area contributed by atoms with E-state index in [2.05, 4.69) is 22.4 Å². The fourth-order valence-electron chi connectivity index (χ4n) is 1.54. The first-order chi connectivity index (χ1) is 9.60. The number of nitrogens with zero attached hydrogens (tertiary/aromatic N) is 2. The van der Waals surface area contributed by atoms with Crippen molar-refractivity contribution in [1.82, 2.24) is 20.1 Å². The third-order valence-electron chi connectivity index (χ3n) is 2.72. The molecule has 8 heteroatoms. The molecule has 7 nitrogen and oxygen atoms in total. The van der Waals surface area contributed by atoms with E-state index in [1.54, 1.807) is 18.6 Å². The number of amides is 1. The van der Waals surface area contributed by atoms with E-state index in [1.165, 1.54) is 11.8 Å². The molecule has 1 rings (SSSR count). The summed E-state index contributed by atoms with van der Waals surface area (Å²) >= 11 is 1.28. The van der Waals surface area contributed by atoms with Gasteiger partial charge in [-0.1, -0.05) is 25.1 Å². The summed E-state index contributed by atoms with van der Waals surface area (Å²) in [6.07, 6.45) is 1.90. The minimum atomic E-state index is -0.317. The molecule has 0 fully saturated rings. The number of unbranched alkanes of at least 4 members (excludes halogenated alkanes) is 1. The molecule has 2 N–H and O–H groups in total. The van der Waals surface area contributed by atoms with Crippen molar-refractivity contribution in [1.29, 1.82) is 0 Å². The summed E-state index contributed by atoms with van der Waals surface area (Å²) in [5, 5.41) is 9.40. The van der Waals surface area contributed by atoms with Crippen molar-refractivity contribution in [2.24, 2.45) is 0 Å². The predicted molar refractivity (Wildman–Crippen MR) is 78.0 cm³/mol. The molecule has 1 aromatic rings. The van der Waals surface area contributed by atoms with Crippen molar-refractivity contribution in [2.45, 2.75) is 43.6 Å². The maximum absolute atomic E-state index is 11.8. The summed E-state index contributed by atoms with van der Waals surface area (Å²) in [7, 11) is 1.58. The number of methoxy groups -OCH3 is 1. The lowest BCUT2D eigenvalue weighted by Crippen LogP contribution is -2.33. The van der Waals surface area contributed by atoms with Gasteiger partial charge in [-0.3, -0.25) is 9.36 Å². The fraction of sp³-hybridized carbons (Fsp3) is 0.750. The Morgan fingerprint density at radius 1 is 1.60 bits per heavy atom. The third kappa shape index (κ3) is 5.01. The topological polar surface area (TPSA) is 89.0 Å². The average Bonchev–Trinajstić information content (AvgIpc) is 2.77. The van der Waals surface area contributed by atoms with Gasteiger partial charge in [0.05, 0.1) is 11.9 Å². The number of H-pyrrole nitrogens is 1. The Balaban J connectivity index is 2.58. The molecular formula is C12H22N4O3S. The van der Waals surface area contributed by atoms with Crippen LogP contribution >= 0.6 is 11.8 Å². The molecule has 0 bridgehead atoms. The van der Waals surface area contributed by atoms with Crippen LogP contribution in [0, 0.1) is 0 Å². The molecule has 0 spiro atoms. The number of rotatable bonds is 9. The van der Waals surface area contributed by atoms with Gasteiger partial charge in [0.25, 0.3) is 0 Å². The van der Waals surface area contributed by atoms with Crippen LogP contribution in [0.2, 0.25) is 0 Å². The molecule has 0 saturated carbocycles. The second kappa shape index (κ2) is 8.80. The maximum Gasteiger partial charge on any atom is 0.343 e. The summed E-state index contributed by atoms with van der Waals surface area (Å²) in [5.41, 5.74) is -0.229. The number of ether oxygens (including phenoxy) is 1. The summed E-state index contributed by atoms with van der Waals surface area (Å²) in [6.45, 7) is 5.42. The summed E-state index contributed by atoms with van der Waals surface area (Å²) in [5.74, 6) is -0.0930. The van der Waals surface area contributed by atoms with Gasteiger partial charge in [0, 0.05) is 20.2 Å². The average molecular weight is 302 g/mol. The lowest BCUT2D eigenvalue weighted by molar-refractivity contribution is -0.120. The zero-order chi connectivity index (χ0) is 15.0. The Bertz CT molecular complexity index is 472. The highest BCUT2D eigenvalue weighted by molar-refractivity contribution is 8.00. The van der Waals surface area contributed by atoms with Crippen LogP contribution in [-0.4, -0.2) is 46.2 Å². The molecule has 0 unspecified atom stereocenters. The minimum absolute atomic E-state index is 0.0930. The van der Waals surface area contributed by atoms with E-state index in [0.29, 0.717) is 24.9 Å². The van der Waals surface area contributed by atoms with Crippen molar-refractivity contribution in [3.05, 3.63) is 10.5 Å². The zero-order valence-corrected chi connectivity index (χ0v) is 13.0. The highest BCUT2D eigenvalue weighted by Gasteiger charge is 2.18. The summed E-state index contributed by atoms with van der Waals surface area (Å²) < 4.78 is 6.45. The predicted octanol–water partition coefficient (Wildman–Crippen LogP) is 0.615. The molecule has 114 valence electrons. The number of carbonyl (C=O) groups excluding carboxylic acids is 1. The van der Waals surface area contributed by atoms with Gasteiger partial charge in [-0.2, -0.15) is 0 Å². The van der Waals surface area contributed by atoms with Gasteiger partial charge in [0.2, 0.25) is 5.91 Å². The number of hydrogen-bond donors (Lipinski definition) is 2. The molecule has 0 radical (unpaired) electrons. The van der Waals surface area contributed by atoms with Gasteiger partial charge in [-0.15, -0.1) is 5.10 Å². The normalized spacial score (nSPS) is 12.3. The fourth-order valence-corrected chi connectivity index (χ4v) is 2.44. The Kier molecular flexibility index (Phi) is 7.38. The minimum Gasteiger partial charge on any atom is -0.383 e. The summed E-state index contributed by atoms with van der Waals surface area (Å²) in [6, 6.07) is 0. The molecule has 0 aliphatic carbocycles. The first-order valence-corrected chi connectivity index (χ1v) is 7.56. The lowest BCUT2D eigenvalue weighted by atomic mass is 10.3. The Morgan fingerprint density at radius 2 is 2.35 bits per heavy atom. The highest BCUT2D eigenvalue weighted by Crippen LogP contribution is 2.20. The molecule has 1 amide bonds. The maximum atomic E-state index is 11.8. The number of thioether (sulfide) groups is 1. The first-order valence-electron chi connectivity index (χ1n) is 6.68. The molecule has 0 aliphatic heterocycles. The van der Waals surface area contributed by atoms with E-state index in [0.717, 1.165) is 12.8 Å². The van der Waals surface area contributed by atoms with Crippen molar-refractivity contribution in [2.75, 3.05) is 20.3 Å². The largest absolute Gasteiger partial charge is 0.383 e. The molecule has 20 heavy (non-hydrogen) atoms. The lowest BCUT2D eigenvalue weighted by Gasteiger charge is -2.11. The molecule has 0 saturated heterocycles. The van der Waals surface area contributed by atoms with Crippen molar-refractivity contribution < 1.29 is 9.53 Å². The van der Waals surface area contributed by atoms with E-state index >= 15 is 0 Å². The standard InChI is InChI=1S/C12H22N4O3S/c1-4-5-7-16-11(18)14-15-12(16)20-9(2)10(17)13-6-8-19-3/h9H,4-8H2,1-3H3,(H,13,17)(H,14,18)/t9-/m1/s1. The quantitative estimate of drug-likeness (QED) is 0.515. The van der Waals surface area contributed by atoms with E-state index < -0.39 is 0 Å². The molecule has 1 aromatic heterocycles. The molecular weight excluding hydrogens is 280 g/mol. The number of hydrogen-bond acceptors (Lipinski definition) is 5. The van der Waals surface area contributed by atoms with E-state index in [4.69, 9.17) is 4.74 Å². The van der Waals surface area contributed by atoms with Crippen LogP contribution in [-0.2, 0) is 16.1 Å². The van der Waals surface area contributed by atoms with Crippen LogP contribution in [0.3, 0.4) is 0 Å². The number of aromatic nitrogens is 3. The smallest absolute Gasteiger partial charge is 0.343 e. The van der Waals surface area contributed by atoms with E-state index in [9.17, 15) is 9.59 Å². The van der Waals surface area contributed by atoms with Gasteiger partial charge >= 0.3 is 5.69 Å². The van der Waals surface area contributed by atoms with E-state index in [-0.39, 0.29) is 16.8 Å². The Hall–Kier alpha value is -1.28. The molecule has 1 heterocycles. The summed E-state index contributed by atoms with van der Waals surface area (Å²) in [4.78, 5) is 23.5. The highest BCUT2D eigenvalue weighted by atomic mass is 32.2. The van der Waals surface area contributed by atoms with E-state index in [1.807, 2.05) is 0 Å². The van der Waals surface area contributed by atoms with Crippen molar-refractivity contribution in [3.8, 4) is 0 Å². The van der Waals surface area contributed by atoms with Crippen LogP contribution in [0.1, 0.15) is 26.7 Å². The second-order valence-electron chi connectivity index (χ2n) is 4.36. The van der Waals surface area contributed by atoms with Crippen LogP contribution in [0.5, 0.6) is 0 Å². The van der Waals surface area contributed by atoms with Crippen molar-refractivity contribution in [3.63, 3.8) is 0 Å². The van der Waals surface area contributed by atoms with Crippen LogP contribution < -0.4 is 11.0 Å². The zero-order valence-electron chi connectivity index (χ0n) is 12.1. The Labute approximate surface area is 122 Å². The Morgan fingerprint density at radius 3 is 3.00 bits per heavy atom. The number of nitrogens with one attached hydrogen (secondary N) is 2. The van der Waals surface area contributed by atoms with Crippen LogP contribution in [0.25, 0.3) is 0 Å². The molecule has 0 aromatic carbocycles. The monoisotopic (exact) mass is 302 g/mol. The molecule has 0 aliphatic rings. The number of carbonyl (C=O) groups is 1. The third-order valence-corrected chi connectivity index (χ3v) is 3.81.